The molecule has 0 aliphatic carbocycles. The predicted molar refractivity (Wildman–Crippen MR) is 54.4 cm³/mol. The Balaban J connectivity index is 4.39. The minimum absolute atomic E-state index is 0.142. The van der Waals surface area contributed by atoms with E-state index in [4.69, 9.17) is 0 Å². The van der Waals surface area contributed by atoms with Crippen molar-refractivity contribution in [1.82, 2.24) is 5.32 Å². The summed E-state index contributed by atoms with van der Waals surface area (Å²) in [6.07, 6.45) is 3.29. The number of amides is 1. The van der Waals surface area contributed by atoms with Crippen LogP contribution in [0.15, 0.2) is 28.2 Å². The van der Waals surface area contributed by atoms with E-state index in [0.29, 0.717) is 5.84 Å². The Kier molecular flexibility index (Phi) is 5.28. The quantitative estimate of drug-likeness (QED) is 0.438. The Labute approximate surface area is 80.4 Å². The predicted octanol–water partition coefficient (Wildman–Crippen LogP) is 1.62. The SMILES string of the molecule is C=C/C(Br)=C\C(=NC)NC(C)=O. The second kappa shape index (κ2) is 5.71. The lowest BCUT2D eigenvalue weighted by molar-refractivity contribution is -0.117. The summed E-state index contributed by atoms with van der Waals surface area (Å²) in [6, 6.07) is 0. The number of hydrogen-bond acceptors (Lipinski definition) is 2. The van der Waals surface area contributed by atoms with Gasteiger partial charge in [-0.2, -0.15) is 0 Å². The molecular formula is C8H11BrN2O. The number of rotatable bonds is 2. The van der Waals surface area contributed by atoms with Gasteiger partial charge in [0.25, 0.3) is 0 Å². The van der Waals surface area contributed by atoms with Crippen LogP contribution in [0, 0.1) is 0 Å². The first kappa shape index (κ1) is 11.1. The number of halogens is 1. The van der Waals surface area contributed by atoms with Crippen LogP contribution < -0.4 is 5.32 Å². The van der Waals surface area contributed by atoms with Crippen molar-refractivity contribution >= 4 is 27.7 Å². The lowest BCUT2D eigenvalue weighted by atomic mass is 10.4. The topological polar surface area (TPSA) is 41.5 Å². The Hall–Kier alpha value is -0.900. The summed E-state index contributed by atoms with van der Waals surface area (Å²) in [4.78, 5) is 14.5. The molecule has 0 radical (unpaired) electrons. The third kappa shape index (κ3) is 4.85. The van der Waals surface area contributed by atoms with Gasteiger partial charge < -0.3 is 5.32 Å². The third-order valence-electron chi connectivity index (χ3n) is 1.01. The average Bonchev–Trinajstić information content (AvgIpc) is 2.02. The van der Waals surface area contributed by atoms with Crippen LogP contribution in [-0.4, -0.2) is 18.8 Å². The normalized spacial score (nSPS) is 12.6. The molecule has 12 heavy (non-hydrogen) atoms. The second-order valence-electron chi connectivity index (χ2n) is 2.02. The summed E-state index contributed by atoms with van der Waals surface area (Å²) in [6.45, 7) is 4.98. The van der Waals surface area contributed by atoms with E-state index in [1.54, 1.807) is 19.2 Å². The number of amidine groups is 1. The number of carbonyl (C=O) groups is 1. The summed E-state index contributed by atoms with van der Waals surface area (Å²) >= 11 is 3.22. The molecule has 0 aromatic rings. The molecule has 0 aromatic heterocycles. The van der Waals surface area contributed by atoms with Crippen molar-refractivity contribution in [2.24, 2.45) is 4.99 Å². The van der Waals surface area contributed by atoms with E-state index < -0.39 is 0 Å². The second-order valence-corrected chi connectivity index (χ2v) is 2.94. The van der Waals surface area contributed by atoms with Crippen LogP contribution in [0.5, 0.6) is 0 Å². The molecule has 0 fully saturated rings. The zero-order chi connectivity index (χ0) is 9.56. The lowest BCUT2D eigenvalue weighted by Crippen LogP contribution is -2.26. The van der Waals surface area contributed by atoms with Gasteiger partial charge >= 0.3 is 0 Å². The van der Waals surface area contributed by atoms with E-state index >= 15 is 0 Å². The van der Waals surface area contributed by atoms with Gasteiger partial charge in [-0.15, -0.1) is 0 Å². The number of carbonyl (C=O) groups excluding carboxylic acids is 1. The smallest absolute Gasteiger partial charge is 0.222 e. The Bertz CT molecular complexity index is 243. The van der Waals surface area contributed by atoms with Crippen LogP contribution in [0.2, 0.25) is 0 Å². The molecule has 0 atom stereocenters. The lowest BCUT2D eigenvalue weighted by Gasteiger charge is -1.99. The van der Waals surface area contributed by atoms with Crippen molar-refractivity contribution in [1.29, 1.82) is 0 Å². The molecule has 1 amide bonds. The number of allylic oxidation sites excluding steroid dienone is 2. The Morgan fingerprint density at radius 1 is 1.67 bits per heavy atom. The summed E-state index contributed by atoms with van der Waals surface area (Å²) in [5.74, 6) is 0.366. The first-order valence-electron chi connectivity index (χ1n) is 3.34. The molecule has 4 heteroatoms. The maximum absolute atomic E-state index is 10.6. The van der Waals surface area contributed by atoms with Crippen molar-refractivity contribution in [2.75, 3.05) is 7.05 Å². The van der Waals surface area contributed by atoms with E-state index in [9.17, 15) is 4.79 Å². The van der Waals surface area contributed by atoms with Gasteiger partial charge in [0.2, 0.25) is 5.91 Å². The van der Waals surface area contributed by atoms with Crippen LogP contribution in [0.1, 0.15) is 6.92 Å². The molecule has 0 aliphatic rings. The number of aliphatic imine (C=N–C) groups is 1. The first-order chi connectivity index (χ1) is 5.60. The fraction of sp³-hybridized carbons (Fsp3) is 0.250. The largest absolute Gasteiger partial charge is 0.311 e. The van der Waals surface area contributed by atoms with Gasteiger partial charge in [-0.3, -0.25) is 9.79 Å². The highest BCUT2D eigenvalue weighted by Gasteiger charge is 1.96. The van der Waals surface area contributed by atoms with Crippen molar-refractivity contribution in [3.63, 3.8) is 0 Å². The van der Waals surface area contributed by atoms with Gasteiger partial charge in [-0.05, 0) is 6.08 Å². The van der Waals surface area contributed by atoms with Crippen molar-refractivity contribution in [3.05, 3.63) is 23.2 Å². The minimum Gasteiger partial charge on any atom is -0.311 e. The highest BCUT2D eigenvalue weighted by Crippen LogP contribution is 2.04. The number of hydrogen-bond donors (Lipinski definition) is 1. The Morgan fingerprint density at radius 2 is 2.25 bits per heavy atom. The molecule has 0 aromatic carbocycles. The Morgan fingerprint density at radius 3 is 2.58 bits per heavy atom. The monoisotopic (exact) mass is 230 g/mol. The summed E-state index contributed by atoms with van der Waals surface area (Å²) < 4.78 is 0.775. The minimum atomic E-state index is -0.142. The molecule has 0 saturated carbocycles. The fourth-order valence-corrected chi connectivity index (χ4v) is 0.743. The van der Waals surface area contributed by atoms with Gasteiger partial charge in [0, 0.05) is 18.5 Å². The van der Waals surface area contributed by atoms with E-state index in [0.717, 1.165) is 4.48 Å². The molecule has 1 N–H and O–H groups in total. The molecule has 0 heterocycles. The van der Waals surface area contributed by atoms with Crippen LogP contribution >= 0.6 is 15.9 Å². The van der Waals surface area contributed by atoms with Gasteiger partial charge in [-0.25, -0.2) is 0 Å². The average molecular weight is 231 g/mol. The maximum Gasteiger partial charge on any atom is 0.222 e. The van der Waals surface area contributed by atoms with Gasteiger partial charge in [0.05, 0.1) is 0 Å². The zero-order valence-corrected chi connectivity index (χ0v) is 8.68. The number of nitrogens with one attached hydrogen (secondary N) is 1. The molecular weight excluding hydrogens is 220 g/mol. The van der Waals surface area contributed by atoms with E-state index in [2.05, 4.69) is 32.8 Å². The molecule has 0 aliphatic heterocycles. The molecule has 3 nitrogen and oxygen atoms in total. The van der Waals surface area contributed by atoms with Crippen molar-refractivity contribution in [2.45, 2.75) is 6.92 Å². The molecule has 0 unspecified atom stereocenters. The van der Waals surface area contributed by atoms with Crippen LogP contribution in [0.4, 0.5) is 0 Å². The van der Waals surface area contributed by atoms with E-state index in [1.807, 2.05) is 0 Å². The fourth-order valence-electron chi connectivity index (χ4n) is 0.526. The van der Waals surface area contributed by atoms with Crippen molar-refractivity contribution in [3.8, 4) is 0 Å². The summed E-state index contributed by atoms with van der Waals surface area (Å²) in [7, 11) is 1.60. The van der Waals surface area contributed by atoms with Gasteiger partial charge in [0.15, 0.2) is 0 Å². The highest BCUT2D eigenvalue weighted by atomic mass is 79.9. The van der Waals surface area contributed by atoms with E-state index in [1.165, 1.54) is 6.92 Å². The first-order valence-corrected chi connectivity index (χ1v) is 4.13. The van der Waals surface area contributed by atoms with Crippen molar-refractivity contribution < 1.29 is 4.79 Å². The maximum atomic E-state index is 10.6. The van der Waals surface area contributed by atoms with Gasteiger partial charge in [0.1, 0.15) is 5.84 Å². The molecule has 0 bridgehead atoms. The van der Waals surface area contributed by atoms with Crippen LogP contribution in [-0.2, 0) is 4.79 Å². The third-order valence-corrected chi connectivity index (χ3v) is 1.57. The molecule has 0 rings (SSSR count). The zero-order valence-electron chi connectivity index (χ0n) is 7.10. The molecule has 0 spiro atoms. The van der Waals surface area contributed by atoms with Crippen LogP contribution in [0.3, 0.4) is 0 Å². The molecule has 66 valence electrons. The highest BCUT2D eigenvalue weighted by molar-refractivity contribution is 9.11. The number of nitrogens with zero attached hydrogens (tertiary/aromatic N) is 1. The van der Waals surface area contributed by atoms with E-state index in [-0.39, 0.29) is 5.91 Å². The molecule has 0 saturated heterocycles. The van der Waals surface area contributed by atoms with Crippen LogP contribution in [0.25, 0.3) is 0 Å². The standard InChI is InChI=1S/C8H11BrN2O/c1-4-7(9)5-8(10-3)11-6(2)12/h4-5H,1H2,2-3H3,(H,10,11,12)/b7-5+. The van der Waals surface area contributed by atoms with Gasteiger partial charge in [-0.1, -0.05) is 28.6 Å². The summed E-state index contributed by atoms with van der Waals surface area (Å²) in [5.41, 5.74) is 0. The summed E-state index contributed by atoms with van der Waals surface area (Å²) in [5, 5.41) is 2.55.